The lowest BCUT2D eigenvalue weighted by Crippen LogP contribution is -2.56. The zero-order chi connectivity index (χ0) is 24.2. The van der Waals surface area contributed by atoms with E-state index in [1.807, 2.05) is 0 Å². The van der Waals surface area contributed by atoms with E-state index in [0.717, 1.165) is 42.4 Å². The van der Waals surface area contributed by atoms with Gasteiger partial charge in [0.1, 0.15) is 0 Å². The minimum absolute atomic E-state index is 0.125. The molecule has 4 aliphatic carbocycles. The quantitative estimate of drug-likeness (QED) is 0.313. The average Bonchev–Trinajstić information content (AvgIpc) is 3.04. The lowest BCUT2D eigenvalue weighted by Gasteiger charge is -2.62. The molecule has 0 aromatic heterocycles. The van der Waals surface area contributed by atoms with E-state index >= 15 is 0 Å². The molecular weight excluding hydrogens is 436 g/mol. The van der Waals surface area contributed by atoms with Crippen molar-refractivity contribution in [3.05, 3.63) is 0 Å². The Kier molecular flexibility index (Phi) is 7.10. The standard InChI is InChI=1S/C27H48O5S/c1-18(2)7-6-8-19(3)22-11-12-23-21-10-9-20-17-27(28,32-33(29,30)31)16-15-25(20,4)24(21)13-14-26(22,23)5/h18-24,28H,6-17H2,1-5H3,(H,29,30,31)/t19-,20?,21-,22-,23+,24+,25-,26-,27+/m1/s1. The predicted molar refractivity (Wildman–Crippen MR) is 131 cm³/mol. The first-order valence-electron chi connectivity index (χ1n) is 13.7. The van der Waals surface area contributed by atoms with E-state index in [4.69, 9.17) is 8.74 Å². The summed E-state index contributed by atoms with van der Waals surface area (Å²) in [5, 5.41) is 10.8. The molecule has 4 fully saturated rings. The first kappa shape index (κ1) is 25.9. The predicted octanol–water partition coefficient (Wildman–Crippen LogP) is 6.62. The van der Waals surface area contributed by atoms with E-state index < -0.39 is 16.2 Å². The fourth-order valence-electron chi connectivity index (χ4n) is 9.51. The van der Waals surface area contributed by atoms with Gasteiger partial charge in [0.2, 0.25) is 0 Å². The van der Waals surface area contributed by atoms with E-state index in [9.17, 15) is 13.5 Å². The molecular formula is C27H48O5S. The molecule has 0 aromatic carbocycles. The van der Waals surface area contributed by atoms with Gasteiger partial charge < -0.3 is 5.11 Å². The van der Waals surface area contributed by atoms with Gasteiger partial charge >= 0.3 is 10.4 Å². The van der Waals surface area contributed by atoms with Gasteiger partial charge in [-0.3, -0.25) is 4.55 Å². The van der Waals surface area contributed by atoms with Crippen molar-refractivity contribution in [2.75, 3.05) is 0 Å². The SMILES string of the molecule is CC(C)CCC[C@@H](C)[C@H]1CC[C@H]2[C@H]3CCC4C[C@@](O)(OS(=O)(=O)O)CC[C@@]4(C)[C@H]3CC[C@]12C. The number of aliphatic hydroxyl groups is 1. The minimum atomic E-state index is -4.66. The Bertz CT molecular complexity index is 811. The molecule has 4 aliphatic rings. The van der Waals surface area contributed by atoms with Crippen molar-refractivity contribution in [1.82, 2.24) is 0 Å². The summed E-state index contributed by atoms with van der Waals surface area (Å²) in [5.41, 5.74) is 0.588. The van der Waals surface area contributed by atoms with Gasteiger partial charge in [0.05, 0.1) is 0 Å². The van der Waals surface area contributed by atoms with E-state index in [-0.39, 0.29) is 17.8 Å². The monoisotopic (exact) mass is 484 g/mol. The maximum atomic E-state index is 11.3. The molecule has 0 amide bonds. The number of rotatable bonds is 7. The highest BCUT2D eigenvalue weighted by molar-refractivity contribution is 7.80. The molecule has 0 aliphatic heterocycles. The van der Waals surface area contributed by atoms with Crippen LogP contribution in [0.4, 0.5) is 0 Å². The third kappa shape index (κ3) is 4.93. The van der Waals surface area contributed by atoms with Crippen LogP contribution in [0.2, 0.25) is 0 Å². The zero-order valence-corrected chi connectivity index (χ0v) is 22.4. The molecule has 5 nitrogen and oxygen atoms in total. The van der Waals surface area contributed by atoms with Crippen molar-refractivity contribution in [1.29, 1.82) is 0 Å². The molecule has 6 heteroatoms. The second-order valence-electron chi connectivity index (χ2n) is 13.3. The maximum absolute atomic E-state index is 11.3. The second kappa shape index (κ2) is 9.05. The Morgan fingerprint density at radius 1 is 0.909 bits per heavy atom. The highest BCUT2D eigenvalue weighted by Crippen LogP contribution is 2.69. The van der Waals surface area contributed by atoms with Crippen LogP contribution in [0.3, 0.4) is 0 Å². The normalized spacial score (nSPS) is 46.5. The number of hydrogen-bond donors (Lipinski definition) is 2. The van der Waals surface area contributed by atoms with Crippen LogP contribution >= 0.6 is 0 Å². The summed E-state index contributed by atoms with van der Waals surface area (Å²) in [6.07, 6.45) is 13.0. The largest absolute Gasteiger partial charge is 0.400 e. The van der Waals surface area contributed by atoms with Crippen molar-refractivity contribution in [2.45, 2.75) is 117 Å². The van der Waals surface area contributed by atoms with Crippen LogP contribution in [-0.4, -0.2) is 23.9 Å². The Balaban J connectivity index is 1.46. The third-order valence-electron chi connectivity index (χ3n) is 11.1. The Morgan fingerprint density at radius 2 is 1.61 bits per heavy atom. The fraction of sp³-hybridized carbons (Fsp3) is 1.00. The van der Waals surface area contributed by atoms with Crippen LogP contribution in [0.1, 0.15) is 112 Å². The summed E-state index contributed by atoms with van der Waals surface area (Å²) in [5.74, 6) is 3.16. The molecule has 0 aromatic rings. The molecule has 0 bridgehead atoms. The van der Waals surface area contributed by atoms with Gasteiger partial charge in [0.25, 0.3) is 0 Å². The van der Waals surface area contributed by atoms with Crippen LogP contribution in [-0.2, 0) is 14.6 Å². The molecule has 0 saturated heterocycles. The maximum Gasteiger partial charge on any atom is 0.400 e. The van der Waals surface area contributed by atoms with E-state index in [1.54, 1.807) is 0 Å². The van der Waals surface area contributed by atoms with Crippen LogP contribution < -0.4 is 0 Å². The first-order chi connectivity index (χ1) is 15.3. The Hall–Kier alpha value is -0.170. The lowest BCUT2D eigenvalue weighted by atomic mass is 9.44. The molecule has 33 heavy (non-hydrogen) atoms. The van der Waals surface area contributed by atoms with Crippen LogP contribution in [0.25, 0.3) is 0 Å². The average molecular weight is 485 g/mol. The number of fused-ring (bicyclic) bond motifs is 5. The smallest absolute Gasteiger partial charge is 0.364 e. The highest BCUT2D eigenvalue weighted by atomic mass is 32.3. The van der Waals surface area contributed by atoms with Crippen LogP contribution in [0, 0.1) is 52.3 Å². The Morgan fingerprint density at radius 3 is 2.27 bits per heavy atom. The molecule has 192 valence electrons. The summed E-state index contributed by atoms with van der Waals surface area (Å²) >= 11 is 0. The van der Waals surface area contributed by atoms with Crippen LogP contribution in [0.5, 0.6) is 0 Å². The number of hydrogen-bond acceptors (Lipinski definition) is 4. The van der Waals surface area contributed by atoms with E-state index in [0.29, 0.717) is 17.8 Å². The molecule has 1 unspecified atom stereocenters. The summed E-state index contributed by atoms with van der Waals surface area (Å²) < 4.78 is 36.5. The summed E-state index contributed by atoms with van der Waals surface area (Å²) in [7, 11) is -4.66. The molecule has 4 rings (SSSR count). The van der Waals surface area contributed by atoms with Gasteiger partial charge in [0, 0.05) is 12.8 Å². The summed E-state index contributed by atoms with van der Waals surface area (Å²) in [6, 6.07) is 0. The van der Waals surface area contributed by atoms with Gasteiger partial charge in [-0.15, -0.1) is 0 Å². The lowest BCUT2D eigenvalue weighted by molar-refractivity contribution is -0.219. The minimum Gasteiger partial charge on any atom is -0.364 e. The van der Waals surface area contributed by atoms with Crippen molar-refractivity contribution in [2.24, 2.45) is 52.3 Å². The van der Waals surface area contributed by atoms with Gasteiger partial charge in [-0.05, 0) is 97.2 Å². The molecule has 4 saturated carbocycles. The zero-order valence-electron chi connectivity index (χ0n) is 21.6. The molecule has 2 N–H and O–H groups in total. The molecule has 0 radical (unpaired) electrons. The highest BCUT2D eigenvalue weighted by Gasteiger charge is 2.62. The van der Waals surface area contributed by atoms with Gasteiger partial charge in [-0.2, -0.15) is 8.42 Å². The molecule has 0 spiro atoms. The van der Waals surface area contributed by atoms with Crippen molar-refractivity contribution in [3.8, 4) is 0 Å². The van der Waals surface area contributed by atoms with Crippen molar-refractivity contribution >= 4 is 10.4 Å². The topological polar surface area (TPSA) is 83.8 Å². The van der Waals surface area contributed by atoms with Gasteiger partial charge in [-0.25, -0.2) is 4.18 Å². The van der Waals surface area contributed by atoms with Gasteiger partial charge in [0.15, 0.2) is 5.79 Å². The van der Waals surface area contributed by atoms with E-state index in [2.05, 4.69) is 34.6 Å². The summed E-state index contributed by atoms with van der Waals surface area (Å²) in [4.78, 5) is 0. The van der Waals surface area contributed by atoms with Crippen molar-refractivity contribution < 1.29 is 22.3 Å². The molecule has 9 atom stereocenters. The second-order valence-corrected chi connectivity index (χ2v) is 14.4. The first-order valence-corrected chi connectivity index (χ1v) is 15.0. The van der Waals surface area contributed by atoms with Crippen molar-refractivity contribution in [3.63, 3.8) is 0 Å². The van der Waals surface area contributed by atoms with E-state index in [1.165, 1.54) is 51.4 Å². The Labute approximate surface area is 202 Å². The summed E-state index contributed by atoms with van der Waals surface area (Å²) in [6.45, 7) is 12.2. The van der Waals surface area contributed by atoms with Gasteiger partial charge in [-0.1, -0.05) is 53.9 Å². The molecule has 0 heterocycles. The third-order valence-corrected chi connectivity index (χ3v) is 11.7. The van der Waals surface area contributed by atoms with Crippen LogP contribution in [0.15, 0.2) is 0 Å². The fourth-order valence-corrected chi connectivity index (χ4v) is 10.1.